The first kappa shape index (κ1) is 12.9. The zero-order valence-electron chi connectivity index (χ0n) is 11.1. The highest BCUT2D eigenvalue weighted by Crippen LogP contribution is 2.22. The Morgan fingerprint density at radius 1 is 1.39 bits per heavy atom. The van der Waals surface area contributed by atoms with Crippen molar-refractivity contribution in [1.82, 2.24) is 14.5 Å². The molecule has 1 aromatic heterocycles. The van der Waals surface area contributed by atoms with Crippen LogP contribution in [0.15, 0.2) is 18.2 Å². The molecule has 0 aliphatic carbocycles. The molecule has 0 bridgehead atoms. The molecule has 0 aliphatic heterocycles. The lowest BCUT2D eigenvalue weighted by atomic mass is 10.3. The van der Waals surface area contributed by atoms with Crippen molar-refractivity contribution in [2.24, 2.45) is 0 Å². The number of fused-ring (bicyclic) bond motifs is 1. The summed E-state index contributed by atoms with van der Waals surface area (Å²) in [6.45, 7) is 1.42. The van der Waals surface area contributed by atoms with E-state index < -0.39 is 0 Å². The summed E-state index contributed by atoms with van der Waals surface area (Å²) in [6, 6.07) is 5.82. The molecule has 0 atom stereocenters. The molecule has 18 heavy (non-hydrogen) atoms. The molecular formula is C13H19N3O2. The first-order valence-electron chi connectivity index (χ1n) is 5.94. The van der Waals surface area contributed by atoms with Crippen molar-refractivity contribution in [2.45, 2.75) is 13.1 Å². The summed E-state index contributed by atoms with van der Waals surface area (Å²) < 4.78 is 7.25. The highest BCUT2D eigenvalue weighted by Gasteiger charge is 2.11. The number of ether oxygens (including phenoxy) is 1. The van der Waals surface area contributed by atoms with Crippen molar-refractivity contribution in [1.29, 1.82) is 0 Å². The van der Waals surface area contributed by atoms with Crippen LogP contribution in [-0.4, -0.2) is 47.4 Å². The van der Waals surface area contributed by atoms with Gasteiger partial charge in [0.1, 0.15) is 11.6 Å². The lowest BCUT2D eigenvalue weighted by molar-refractivity contribution is 0.272. The number of aliphatic hydroxyl groups is 1. The molecule has 98 valence electrons. The van der Waals surface area contributed by atoms with Gasteiger partial charge in [-0.1, -0.05) is 0 Å². The molecule has 1 aromatic carbocycles. The molecule has 0 aliphatic rings. The number of hydrogen-bond donors (Lipinski definition) is 1. The number of methoxy groups -OCH3 is 1. The maximum atomic E-state index is 9.17. The van der Waals surface area contributed by atoms with Crippen LogP contribution in [0, 0.1) is 0 Å². The molecular weight excluding hydrogens is 230 g/mol. The van der Waals surface area contributed by atoms with Crippen molar-refractivity contribution in [2.75, 3.05) is 27.8 Å². The number of aliphatic hydroxyl groups excluding tert-OH is 1. The van der Waals surface area contributed by atoms with Crippen molar-refractivity contribution in [3.8, 4) is 5.75 Å². The van der Waals surface area contributed by atoms with Gasteiger partial charge in [0.2, 0.25) is 0 Å². The van der Waals surface area contributed by atoms with Gasteiger partial charge in [0, 0.05) is 12.6 Å². The van der Waals surface area contributed by atoms with E-state index in [0.717, 1.165) is 29.2 Å². The SMILES string of the molecule is COc1ccc2c(c1)nc(CN(C)C)n2CCO. The highest BCUT2D eigenvalue weighted by molar-refractivity contribution is 5.77. The predicted molar refractivity (Wildman–Crippen MR) is 70.8 cm³/mol. The normalized spacial score (nSPS) is 11.4. The third-order valence-corrected chi connectivity index (χ3v) is 2.82. The Hall–Kier alpha value is -1.59. The zero-order chi connectivity index (χ0) is 13.1. The molecule has 0 saturated carbocycles. The summed E-state index contributed by atoms with van der Waals surface area (Å²) in [5.74, 6) is 1.75. The standard InChI is InChI=1S/C13H19N3O2/c1-15(2)9-13-14-11-8-10(18-3)4-5-12(11)16(13)6-7-17/h4-5,8,17H,6-7,9H2,1-3H3. The minimum Gasteiger partial charge on any atom is -0.497 e. The molecule has 1 N–H and O–H groups in total. The van der Waals surface area contributed by atoms with E-state index in [1.165, 1.54) is 0 Å². The Morgan fingerprint density at radius 2 is 2.17 bits per heavy atom. The van der Waals surface area contributed by atoms with Crippen LogP contribution in [0.5, 0.6) is 5.75 Å². The van der Waals surface area contributed by atoms with Gasteiger partial charge in [-0.2, -0.15) is 0 Å². The van der Waals surface area contributed by atoms with Crippen LogP contribution in [0.1, 0.15) is 5.82 Å². The van der Waals surface area contributed by atoms with E-state index in [4.69, 9.17) is 9.84 Å². The topological polar surface area (TPSA) is 50.5 Å². The van der Waals surface area contributed by atoms with E-state index in [2.05, 4.69) is 14.5 Å². The van der Waals surface area contributed by atoms with Crippen molar-refractivity contribution in [3.63, 3.8) is 0 Å². The molecule has 1 heterocycles. The largest absolute Gasteiger partial charge is 0.497 e. The fraction of sp³-hybridized carbons (Fsp3) is 0.462. The predicted octanol–water partition coefficient (Wildman–Crippen LogP) is 1.10. The van der Waals surface area contributed by atoms with Gasteiger partial charge in [-0.05, 0) is 26.2 Å². The molecule has 0 radical (unpaired) electrons. The van der Waals surface area contributed by atoms with E-state index in [-0.39, 0.29) is 6.61 Å². The third kappa shape index (κ3) is 2.47. The lowest BCUT2D eigenvalue weighted by Crippen LogP contribution is -2.16. The van der Waals surface area contributed by atoms with Gasteiger partial charge in [-0.15, -0.1) is 0 Å². The monoisotopic (exact) mass is 249 g/mol. The van der Waals surface area contributed by atoms with Crippen LogP contribution in [0.25, 0.3) is 11.0 Å². The van der Waals surface area contributed by atoms with Crippen LogP contribution in [0.4, 0.5) is 0 Å². The molecule has 0 amide bonds. The quantitative estimate of drug-likeness (QED) is 0.862. The Kier molecular flexibility index (Phi) is 3.84. The maximum Gasteiger partial charge on any atom is 0.124 e. The molecule has 2 aromatic rings. The number of nitrogens with zero attached hydrogens (tertiary/aromatic N) is 3. The molecule has 0 unspecified atom stereocenters. The molecule has 0 spiro atoms. The van der Waals surface area contributed by atoms with Gasteiger partial charge in [0.25, 0.3) is 0 Å². The third-order valence-electron chi connectivity index (χ3n) is 2.82. The fourth-order valence-electron chi connectivity index (χ4n) is 2.04. The summed E-state index contributed by atoms with van der Waals surface area (Å²) in [5.41, 5.74) is 1.93. The van der Waals surface area contributed by atoms with E-state index in [9.17, 15) is 0 Å². The summed E-state index contributed by atoms with van der Waals surface area (Å²) in [7, 11) is 5.65. The second kappa shape index (κ2) is 5.37. The van der Waals surface area contributed by atoms with Crippen LogP contribution in [-0.2, 0) is 13.1 Å². The minimum atomic E-state index is 0.109. The number of benzene rings is 1. The second-order valence-electron chi connectivity index (χ2n) is 4.50. The summed E-state index contributed by atoms with van der Waals surface area (Å²) in [6.07, 6.45) is 0. The first-order chi connectivity index (χ1) is 8.65. The number of rotatable bonds is 5. The van der Waals surface area contributed by atoms with Crippen LogP contribution in [0.2, 0.25) is 0 Å². The maximum absolute atomic E-state index is 9.17. The molecule has 5 nitrogen and oxygen atoms in total. The fourth-order valence-corrected chi connectivity index (χ4v) is 2.04. The van der Waals surface area contributed by atoms with Crippen LogP contribution >= 0.6 is 0 Å². The van der Waals surface area contributed by atoms with E-state index in [1.54, 1.807) is 7.11 Å². The Morgan fingerprint density at radius 3 is 2.78 bits per heavy atom. The van der Waals surface area contributed by atoms with Gasteiger partial charge in [0.15, 0.2) is 0 Å². The van der Waals surface area contributed by atoms with E-state index in [0.29, 0.717) is 6.54 Å². The minimum absolute atomic E-state index is 0.109. The number of hydrogen-bond acceptors (Lipinski definition) is 4. The lowest BCUT2D eigenvalue weighted by Gasteiger charge is -2.11. The Balaban J connectivity index is 2.51. The summed E-state index contributed by atoms with van der Waals surface area (Å²) in [5, 5.41) is 9.17. The van der Waals surface area contributed by atoms with Gasteiger partial charge in [0.05, 0.1) is 31.3 Å². The van der Waals surface area contributed by atoms with Gasteiger partial charge in [-0.25, -0.2) is 4.98 Å². The number of imidazole rings is 1. The highest BCUT2D eigenvalue weighted by atomic mass is 16.5. The van der Waals surface area contributed by atoms with Crippen molar-refractivity contribution >= 4 is 11.0 Å². The van der Waals surface area contributed by atoms with E-state index in [1.807, 2.05) is 32.3 Å². The van der Waals surface area contributed by atoms with Crippen LogP contribution < -0.4 is 4.74 Å². The average Bonchev–Trinajstić information content (AvgIpc) is 2.66. The van der Waals surface area contributed by atoms with Gasteiger partial charge in [-0.3, -0.25) is 0 Å². The molecule has 2 rings (SSSR count). The van der Waals surface area contributed by atoms with Crippen molar-refractivity contribution < 1.29 is 9.84 Å². The van der Waals surface area contributed by atoms with Crippen LogP contribution in [0.3, 0.4) is 0 Å². The second-order valence-corrected chi connectivity index (χ2v) is 4.50. The Labute approximate surface area is 107 Å². The first-order valence-corrected chi connectivity index (χ1v) is 5.94. The summed E-state index contributed by atoms with van der Waals surface area (Å²) >= 11 is 0. The zero-order valence-corrected chi connectivity index (χ0v) is 11.1. The average molecular weight is 249 g/mol. The molecule has 0 saturated heterocycles. The smallest absolute Gasteiger partial charge is 0.124 e. The summed E-state index contributed by atoms with van der Waals surface area (Å²) in [4.78, 5) is 6.67. The Bertz CT molecular complexity index is 534. The number of aromatic nitrogens is 2. The van der Waals surface area contributed by atoms with Gasteiger partial charge < -0.3 is 19.3 Å². The van der Waals surface area contributed by atoms with Crippen molar-refractivity contribution in [3.05, 3.63) is 24.0 Å². The van der Waals surface area contributed by atoms with E-state index >= 15 is 0 Å². The van der Waals surface area contributed by atoms with Gasteiger partial charge >= 0.3 is 0 Å². The molecule has 0 fully saturated rings. The molecule has 5 heteroatoms.